The van der Waals surface area contributed by atoms with Gasteiger partial charge >= 0.3 is 0 Å². The molecule has 18 heavy (non-hydrogen) atoms. The molecule has 0 saturated heterocycles. The number of hydrogen-bond donors (Lipinski definition) is 1. The molecule has 0 aliphatic carbocycles. The summed E-state index contributed by atoms with van der Waals surface area (Å²) in [5.74, 6) is 2.04. The monoisotopic (exact) mass is 250 g/mol. The van der Waals surface area contributed by atoms with E-state index in [1.807, 2.05) is 7.05 Å². The van der Waals surface area contributed by atoms with Crippen LogP contribution in [0.5, 0.6) is 0 Å². The van der Waals surface area contributed by atoms with E-state index in [9.17, 15) is 0 Å². The number of hydrogen-bond acceptors (Lipinski definition) is 4. The van der Waals surface area contributed by atoms with Gasteiger partial charge in [-0.2, -0.15) is 0 Å². The lowest BCUT2D eigenvalue weighted by Crippen LogP contribution is -2.22. The third-order valence-electron chi connectivity index (χ3n) is 3.12. The van der Waals surface area contributed by atoms with Crippen molar-refractivity contribution in [3.63, 3.8) is 0 Å². The highest BCUT2D eigenvalue weighted by Crippen LogP contribution is 2.24. The van der Waals surface area contributed by atoms with Crippen molar-refractivity contribution in [3.8, 4) is 0 Å². The van der Waals surface area contributed by atoms with Crippen LogP contribution in [0.4, 0.5) is 11.6 Å². The molecule has 1 heterocycles. The van der Waals surface area contributed by atoms with Gasteiger partial charge in [0.25, 0.3) is 0 Å². The summed E-state index contributed by atoms with van der Waals surface area (Å²) in [5, 5.41) is 3.17. The topological polar surface area (TPSA) is 41.1 Å². The van der Waals surface area contributed by atoms with E-state index in [1.165, 1.54) is 24.8 Å². The first-order chi connectivity index (χ1) is 8.74. The second-order valence-corrected chi connectivity index (χ2v) is 4.65. The Morgan fingerprint density at radius 2 is 1.94 bits per heavy atom. The van der Waals surface area contributed by atoms with Crippen LogP contribution in [0.2, 0.25) is 0 Å². The molecule has 4 heteroatoms. The minimum Gasteiger partial charge on any atom is -0.373 e. The van der Waals surface area contributed by atoms with Crippen molar-refractivity contribution in [2.24, 2.45) is 0 Å². The van der Waals surface area contributed by atoms with Gasteiger partial charge in [-0.05, 0) is 12.8 Å². The van der Waals surface area contributed by atoms with E-state index in [0.29, 0.717) is 0 Å². The van der Waals surface area contributed by atoms with Crippen molar-refractivity contribution >= 4 is 11.6 Å². The molecule has 0 radical (unpaired) electrons. The molecule has 1 aromatic rings. The smallest absolute Gasteiger partial charge is 0.137 e. The second-order valence-electron chi connectivity index (χ2n) is 4.65. The number of rotatable bonds is 8. The second kappa shape index (κ2) is 7.90. The Hall–Kier alpha value is -1.32. The van der Waals surface area contributed by atoms with Gasteiger partial charge in [0.1, 0.15) is 18.0 Å². The number of aromatic nitrogens is 2. The molecule has 0 aromatic carbocycles. The highest BCUT2D eigenvalue weighted by Gasteiger charge is 2.12. The van der Waals surface area contributed by atoms with E-state index in [2.05, 4.69) is 41.1 Å². The third-order valence-corrected chi connectivity index (χ3v) is 3.12. The Bertz CT molecular complexity index is 352. The lowest BCUT2D eigenvalue weighted by molar-refractivity contribution is 0.697. The maximum Gasteiger partial charge on any atom is 0.137 e. The van der Waals surface area contributed by atoms with Crippen LogP contribution in [0.25, 0.3) is 0 Å². The van der Waals surface area contributed by atoms with Crippen molar-refractivity contribution in [1.29, 1.82) is 0 Å². The van der Waals surface area contributed by atoms with Crippen LogP contribution < -0.4 is 10.2 Å². The molecule has 0 unspecified atom stereocenters. The molecule has 102 valence electrons. The largest absolute Gasteiger partial charge is 0.373 e. The van der Waals surface area contributed by atoms with Crippen molar-refractivity contribution < 1.29 is 0 Å². The maximum absolute atomic E-state index is 4.46. The van der Waals surface area contributed by atoms with Crippen LogP contribution in [0.3, 0.4) is 0 Å². The van der Waals surface area contributed by atoms with E-state index in [-0.39, 0.29) is 0 Å². The summed E-state index contributed by atoms with van der Waals surface area (Å²) in [6.07, 6.45) is 7.52. The molecule has 0 bridgehead atoms. The summed E-state index contributed by atoms with van der Waals surface area (Å²) in [7, 11) is 4.04. The summed E-state index contributed by atoms with van der Waals surface area (Å²) in [4.78, 5) is 11.0. The number of anilines is 2. The standard InChI is InChI=1S/C14H26N4/c1-5-7-8-10-18(4)14-12(9-6-2)13(15-3)16-11-17-14/h11H,5-10H2,1-4H3,(H,15,16,17). The first-order valence-electron chi connectivity index (χ1n) is 6.97. The number of nitrogens with zero attached hydrogens (tertiary/aromatic N) is 3. The van der Waals surface area contributed by atoms with Crippen LogP contribution >= 0.6 is 0 Å². The zero-order chi connectivity index (χ0) is 13.4. The average molecular weight is 250 g/mol. The van der Waals surface area contributed by atoms with Crippen molar-refractivity contribution in [3.05, 3.63) is 11.9 Å². The zero-order valence-electron chi connectivity index (χ0n) is 12.2. The van der Waals surface area contributed by atoms with E-state index in [4.69, 9.17) is 0 Å². The van der Waals surface area contributed by atoms with Gasteiger partial charge in [-0.1, -0.05) is 33.1 Å². The van der Waals surface area contributed by atoms with Crippen LogP contribution in [0.15, 0.2) is 6.33 Å². The number of nitrogens with one attached hydrogen (secondary N) is 1. The van der Waals surface area contributed by atoms with E-state index in [0.717, 1.165) is 31.0 Å². The zero-order valence-corrected chi connectivity index (χ0v) is 12.2. The normalized spacial score (nSPS) is 10.4. The number of unbranched alkanes of at least 4 members (excludes halogenated alkanes) is 2. The van der Waals surface area contributed by atoms with E-state index in [1.54, 1.807) is 6.33 Å². The van der Waals surface area contributed by atoms with Crippen LogP contribution in [-0.4, -0.2) is 30.6 Å². The highest BCUT2D eigenvalue weighted by atomic mass is 15.2. The Labute approximate surface area is 111 Å². The minimum atomic E-state index is 0.962. The fourth-order valence-electron chi connectivity index (χ4n) is 2.13. The van der Waals surface area contributed by atoms with Crippen molar-refractivity contribution in [2.75, 3.05) is 30.9 Å². The summed E-state index contributed by atoms with van der Waals surface area (Å²) < 4.78 is 0. The Morgan fingerprint density at radius 1 is 1.17 bits per heavy atom. The summed E-state index contributed by atoms with van der Waals surface area (Å²) in [6.45, 7) is 5.48. The maximum atomic E-state index is 4.46. The van der Waals surface area contributed by atoms with Gasteiger partial charge in [0.2, 0.25) is 0 Å². The van der Waals surface area contributed by atoms with Gasteiger partial charge in [-0.15, -0.1) is 0 Å². The molecule has 1 rings (SSSR count). The van der Waals surface area contributed by atoms with Crippen LogP contribution in [-0.2, 0) is 6.42 Å². The third kappa shape index (κ3) is 3.86. The molecule has 0 saturated carbocycles. The summed E-state index contributed by atoms with van der Waals surface area (Å²) >= 11 is 0. The molecule has 0 aliphatic heterocycles. The average Bonchev–Trinajstić information content (AvgIpc) is 2.39. The fourth-order valence-corrected chi connectivity index (χ4v) is 2.13. The molecule has 0 spiro atoms. The predicted molar refractivity (Wildman–Crippen MR) is 78.4 cm³/mol. The van der Waals surface area contributed by atoms with Gasteiger partial charge in [-0.25, -0.2) is 9.97 Å². The minimum absolute atomic E-state index is 0.962. The molecule has 0 atom stereocenters. The Kier molecular flexibility index (Phi) is 6.47. The molecule has 4 nitrogen and oxygen atoms in total. The first-order valence-corrected chi connectivity index (χ1v) is 6.97. The summed E-state index contributed by atoms with van der Waals surface area (Å²) in [6, 6.07) is 0. The van der Waals surface area contributed by atoms with Gasteiger partial charge < -0.3 is 10.2 Å². The molecule has 0 aliphatic rings. The fraction of sp³-hybridized carbons (Fsp3) is 0.714. The molecule has 0 fully saturated rings. The van der Waals surface area contributed by atoms with Gasteiger partial charge in [0, 0.05) is 26.2 Å². The molecular formula is C14H26N4. The van der Waals surface area contributed by atoms with Gasteiger partial charge in [0.15, 0.2) is 0 Å². The van der Waals surface area contributed by atoms with Crippen molar-refractivity contribution in [2.45, 2.75) is 46.0 Å². The van der Waals surface area contributed by atoms with E-state index >= 15 is 0 Å². The SMILES string of the molecule is CCCCCN(C)c1ncnc(NC)c1CCC. The summed E-state index contributed by atoms with van der Waals surface area (Å²) in [5.41, 5.74) is 1.24. The molecule has 0 amide bonds. The molecule has 1 aromatic heterocycles. The first kappa shape index (κ1) is 14.7. The predicted octanol–water partition coefficient (Wildman–Crippen LogP) is 3.10. The van der Waals surface area contributed by atoms with Gasteiger partial charge in [-0.3, -0.25) is 0 Å². The highest BCUT2D eigenvalue weighted by molar-refractivity contribution is 5.58. The lowest BCUT2D eigenvalue weighted by Gasteiger charge is -2.22. The van der Waals surface area contributed by atoms with Crippen LogP contribution in [0, 0.1) is 0 Å². The van der Waals surface area contributed by atoms with Crippen LogP contribution in [0.1, 0.15) is 45.1 Å². The Balaban J connectivity index is 2.85. The lowest BCUT2D eigenvalue weighted by atomic mass is 10.1. The van der Waals surface area contributed by atoms with Crippen molar-refractivity contribution in [1.82, 2.24) is 9.97 Å². The van der Waals surface area contributed by atoms with Gasteiger partial charge in [0.05, 0.1) is 0 Å². The quantitative estimate of drug-likeness (QED) is 0.720. The molecular weight excluding hydrogens is 224 g/mol. The van der Waals surface area contributed by atoms with E-state index < -0.39 is 0 Å². The Morgan fingerprint density at radius 3 is 2.56 bits per heavy atom. The molecule has 1 N–H and O–H groups in total.